The molecule has 5 nitrogen and oxygen atoms in total. The Labute approximate surface area is 174 Å². The van der Waals surface area contributed by atoms with E-state index in [1.165, 1.54) is 60.8 Å². The number of benzene rings is 1. The van der Waals surface area contributed by atoms with Crippen LogP contribution < -0.4 is 10.6 Å². The van der Waals surface area contributed by atoms with Crippen LogP contribution in [0.15, 0.2) is 18.2 Å². The largest absolute Gasteiger partial charge is 0.508 e. The first-order chi connectivity index (χ1) is 13.9. The summed E-state index contributed by atoms with van der Waals surface area (Å²) in [6, 6.07) is 6.70. The fourth-order valence-electron chi connectivity index (χ4n) is 6.54. The lowest BCUT2D eigenvalue weighted by atomic mass is 9.72. The van der Waals surface area contributed by atoms with Gasteiger partial charge in [0.1, 0.15) is 5.75 Å². The van der Waals surface area contributed by atoms with Crippen LogP contribution in [-0.2, 0) is 12.8 Å². The number of aromatic hydroxyl groups is 1. The molecule has 29 heavy (non-hydrogen) atoms. The van der Waals surface area contributed by atoms with Crippen molar-refractivity contribution in [3.63, 3.8) is 0 Å². The van der Waals surface area contributed by atoms with Gasteiger partial charge in [0.2, 0.25) is 0 Å². The highest BCUT2D eigenvalue weighted by molar-refractivity contribution is 5.77. The average Bonchev–Trinajstić information content (AvgIpc) is 3.42. The van der Waals surface area contributed by atoms with Gasteiger partial charge in [-0.2, -0.15) is 0 Å². The number of likely N-dealkylation sites (N-methyl/N-ethyl adjacent to an activating group) is 1. The van der Waals surface area contributed by atoms with E-state index in [0.717, 1.165) is 38.1 Å². The standard InChI is InChI=1S/C24H35N3O2/c1-27(15-17-4-5-17)12-2-3-19-13-21(28)7-6-20(19)14-22(27)18-8-10-24(11-9-18)16-25-23(29)26-24/h6-7,13,17-18,22H,2-5,8-12,14-16H2,1H3,(H2-,25,26,28,29)/p+1. The maximum atomic E-state index is 11.7. The van der Waals surface area contributed by atoms with E-state index in [2.05, 4.69) is 23.7 Å². The molecular formula is C24H36N3O2+. The summed E-state index contributed by atoms with van der Waals surface area (Å²) in [5.41, 5.74) is 2.80. The van der Waals surface area contributed by atoms with Crippen LogP contribution in [0.1, 0.15) is 56.1 Å². The van der Waals surface area contributed by atoms with E-state index in [-0.39, 0.29) is 11.6 Å². The molecule has 5 rings (SSSR count). The van der Waals surface area contributed by atoms with E-state index in [0.29, 0.717) is 17.7 Å². The van der Waals surface area contributed by atoms with Crippen molar-refractivity contribution in [3.8, 4) is 5.75 Å². The van der Waals surface area contributed by atoms with Crippen LogP contribution in [0.3, 0.4) is 0 Å². The Bertz CT molecular complexity index is 782. The third-order valence-corrected chi connectivity index (χ3v) is 8.40. The van der Waals surface area contributed by atoms with Crippen molar-refractivity contribution in [1.29, 1.82) is 0 Å². The number of urea groups is 1. The lowest BCUT2D eigenvalue weighted by molar-refractivity contribution is -0.939. The maximum Gasteiger partial charge on any atom is 0.315 e. The fourth-order valence-corrected chi connectivity index (χ4v) is 6.54. The summed E-state index contributed by atoms with van der Waals surface area (Å²) < 4.78 is 1.22. The highest BCUT2D eigenvalue weighted by Gasteiger charge is 2.48. The quantitative estimate of drug-likeness (QED) is 0.684. The van der Waals surface area contributed by atoms with Gasteiger partial charge in [-0.3, -0.25) is 0 Å². The zero-order chi connectivity index (χ0) is 20.1. The molecular weight excluding hydrogens is 362 g/mol. The second kappa shape index (κ2) is 7.19. The number of phenols is 1. The second-order valence-electron chi connectivity index (χ2n) is 10.6. The smallest absolute Gasteiger partial charge is 0.315 e. The van der Waals surface area contributed by atoms with Crippen LogP contribution in [0.2, 0.25) is 0 Å². The molecule has 0 aromatic heterocycles. The molecule has 2 unspecified atom stereocenters. The lowest BCUT2D eigenvalue weighted by Crippen LogP contribution is -2.60. The van der Waals surface area contributed by atoms with Crippen LogP contribution in [0.25, 0.3) is 0 Å². The lowest BCUT2D eigenvalue weighted by Gasteiger charge is -2.49. The normalized spacial score (nSPS) is 37.3. The first-order valence-electron chi connectivity index (χ1n) is 11.7. The van der Waals surface area contributed by atoms with Crippen molar-refractivity contribution in [1.82, 2.24) is 10.6 Å². The average molecular weight is 399 g/mol. The Hall–Kier alpha value is -1.75. The van der Waals surface area contributed by atoms with Crippen molar-refractivity contribution in [2.24, 2.45) is 11.8 Å². The number of carbonyl (C=O) groups is 1. The number of quaternary nitrogens is 1. The van der Waals surface area contributed by atoms with Crippen LogP contribution in [-0.4, -0.2) is 53.9 Å². The van der Waals surface area contributed by atoms with Crippen LogP contribution >= 0.6 is 0 Å². The number of rotatable bonds is 3. The van der Waals surface area contributed by atoms with Gasteiger partial charge >= 0.3 is 6.03 Å². The van der Waals surface area contributed by atoms with Crippen LogP contribution in [0.4, 0.5) is 4.79 Å². The summed E-state index contributed by atoms with van der Waals surface area (Å²) in [6.45, 7) is 3.37. The Morgan fingerprint density at radius 2 is 1.97 bits per heavy atom. The third-order valence-electron chi connectivity index (χ3n) is 8.40. The van der Waals surface area contributed by atoms with Gasteiger partial charge in [-0.05, 0) is 68.2 Å². The minimum Gasteiger partial charge on any atom is -0.508 e. The Morgan fingerprint density at radius 3 is 2.66 bits per heavy atom. The number of carbonyl (C=O) groups excluding carboxylic acids is 1. The van der Waals surface area contributed by atoms with E-state index in [1.54, 1.807) is 0 Å². The molecule has 1 aromatic carbocycles. The fraction of sp³-hybridized carbons (Fsp3) is 0.708. The first kappa shape index (κ1) is 19.2. The van der Waals surface area contributed by atoms with Gasteiger partial charge < -0.3 is 20.2 Å². The molecule has 1 aromatic rings. The Morgan fingerprint density at radius 1 is 1.17 bits per heavy atom. The summed E-state index contributed by atoms with van der Waals surface area (Å²) in [5, 5.41) is 16.2. The van der Waals surface area contributed by atoms with E-state index >= 15 is 0 Å². The molecule has 2 saturated carbocycles. The molecule has 2 aliphatic heterocycles. The molecule has 0 radical (unpaired) electrons. The molecule has 5 heteroatoms. The van der Waals surface area contributed by atoms with Gasteiger partial charge in [-0.15, -0.1) is 0 Å². The Kier molecular flexibility index (Phi) is 4.77. The summed E-state index contributed by atoms with van der Waals surface area (Å²) >= 11 is 0. The molecule has 1 saturated heterocycles. The molecule has 2 aliphatic carbocycles. The van der Waals surface area contributed by atoms with Crippen molar-refractivity contribution >= 4 is 6.03 Å². The van der Waals surface area contributed by atoms with Gasteiger partial charge in [-0.1, -0.05) is 6.07 Å². The first-order valence-corrected chi connectivity index (χ1v) is 11.7. The highest BCUT2D eigenvalue weighted by Crippen LogP contribution is 2.42. The summed E-state index contributed by atoms with van der Waals surface area (Å²) in [7, 11) is 2.53. The monoisotopic (exact) mass is 398 g/mol. The van der Waals surface area contributed by atoms with Crippen LogP contribution in [0.5, 0.6) is 5.75 Å². The number of hydrogen-bond acceptors (Lipinski definition) is 2. The van der Waals surface area contributed by atoms with Gasteiger partial charge in [0, 0.05) is 31.2 Å². The van der Waals surface area contributed by atoms with Gasteiger partial charge in [0.25, 0.3) is 0 Å². The molecule has 0 bridgehead atoms. The number of nitrogens with one attached hydrogen (secondary N) is 2. The van der Waals surface area contributed by atoms with E-state index in [1.807, 2.05) is 12.1 Å². The molecule has 158 valence electrons. The highest BCUT2D eigenvalue weighted by atomic mass is 16.3. The maximum absolute atomic E-state index is 11.7. The summed E-state index contributed by atoms with van der Waals surface area (Å²) in [6.07, 6.45) is 10.8. The zero-order valence-corrected chi connectivity index (χ0v) is 17.8. The van der Waals surface area contributed by atoms with Crippen molar-refractivity contribution in [3.05, 3.63) is 29.3 Å². The van der Waals surface area contributed by atoms with Gasteiger partial charge in [0.05, 0.1) is 31.7 Å². The molecule has 2 atom stereocenters. The van der Waals surface area contributed by atoms with Gasteiger partial charge in [0.15, 0.2) is 0 Å². The van der Waals surface area contributed by atoms with E-state index < -0.39 is 0 Å². The molecule has 4 aliphatic rings. The number of phenolic OH excluding ortho intramolecular Hbond substituents is 1. The van der Waals surface area contributed by atoms with Crippen molar-refractivity contribution < 1.29 is 14.4 Å². The number of aryl methyl sites for hydroxylation is 1. The topological polar surface area (TPSA) is 61.4 Å². The summed E-state index contributed by atoms with van der Waals surface area (Å²) in [5.74, 6) is 2.04. The predicted molar refractivity (Wildman–Crippen MR) is 114 cm³/mol. The molecule has 2 amide bonds. The number of nitrogens with zero attached hydrogens (tertiary/aromatic N) is 1. The van der Waals surface area contributed by atoms with Gasteiger partial charge in [-0.25, -0.2) is 4.79 Å². The summed E-state index contributed by atoms with van der Waals surface area (Å²) in [4.78, 5) is 11.7. The number of fused-ring (bicyclic) bond motifs is 1. The number of amides is 2. The van der Waals surface area contributed by atoms with Crippen molar-refractivity contribution in [2.75, 3.05) is 26.7 Å². The molecule has 1 spiro atoms. The number of hydrogen-bond donors (Lipinski definition) is 3. The van der Waals surface area contributed by atoms with E-state index in [4.69, 9.17) is 0 Å². The second-order valence-corrected chi connectivity index (χ2v) is 10.6. The van der Waals surface area contributed by atoms with E-state index in [9.17, 15) is 9.90 Å². The van der Waals surface area contributed by atoms with Crippen LogP contribution in [0, 0.1) is 11.8 Å². The SMILES string of the molecule is C[N+]1(CC2CC2)CCCc2cc(O)ccc2CC1C1CCC2(CC1)CNC(=O)N2. The minimum absolute atomic E-state index is 0.00120. The molecule has 3 N–H and O–H groups in total. The minimum atomic E-state index is -0.00120. The predicted octanol–water partition coefficient (Wildman–Crippen LogP) is 3.35. The van der Waals surface area contributed by atoms with Crippen molar-refractivity contribution in [2.45, 2.75) is 69.4 Å². The zero-order valence-electron chi connectivity index (χ0n) is 17.8. The third kappa shape index (κ3) is 3.86. The molecule has 2 heterocycles. The molecule has 3 fully saturated rings. The Balaban J connectivity index is 1.40.